The fourth-order valence-electron chi connectivity index (χ4n) is 3.99. The number of carbonyl (C=O) groups is 1. The van der Waals surface area contributed by atoms with Crippen LogP contribution in [0.15, 0.2) is 0 Å². The minimum absolute atomic E-state index is 0.0151. The number of carbonyl (C=O) groups excluding carboxylic acids is 1. The van der Waals surface area contributed by atoms with Crippen LogP contribution in [0.3, 0.4) is 0 Å². The van der Waals surface area contributed by atoms with Gasteiger partial charge in [0.1, 0.15) is 5.78 Å². The van der Waals surface area contributed by atoms with Crippen LogP contribution >= 0.6 is 0 Å². The van der Waals surface area contributed by atoms with Gasteiger partial charge in [-0.3, -0.25) is 9.69 Å². The number of ketones is 1. The largest absolute Gasteiger partial charge is 0.377 e. The Morgan fingerprint density at radius 2 is 2.25 bits per heavy atom. The molecule has 0 spiro atoms. The summed E-state index contributed by atoms with van der Waals surface area (Å²) in [5.74, 6) is 1.56. The summed E-state index contributed by atoms with van der Waals surface area (Å²) in [6.45, 7) is 7.51. The van der Waals surface area contributed by atoms with E-state index in [1.807, 2.05) is 7.11 Å². The molecule has 3 unspecified atom stereocenters. The Kier molecular flexibility index (Phi) is 5.62. The van der Waals surface area contributed by atoms with E-state index >= 15 is 0 Å². The van der Waals surface area contributed by atoms with Gasteiger partial charge in [-0.15, -0.1) is 0 Å². The molecule has 2 rings (SSSR count). The summed E-state index contributed by atoms with van der Waals surface area (Å²) in [5, 5.41) is 0. The summed E-state index contributed by atoms with van der Waals surface area (Å²) < 4.78 is 5.66. The molecule has 2 aliphatic rings. The second-order valence-electron chi connectivity index (χ2n) is 7.09. The monoisotopic (exact) mass is 281 g/mol. The third-order valence-electron chi connectivity index (χ3n) is 5.28. The van der Waals surface area contributed by atoms with Crippen LogP contribution in [-0.4, -0.2) is 43.0 Å². The van der Waals surface area contributed by atoms with Crippen LogP contribution in [-0.2, 0) is 9.53 Å². The van der Waals surface area contributed by atoms with Gasteiger partial charge in [-0.2, -0.15) is 0 Å². The second kappa shape index (κ2) is 7.04. The number of hydrogen-bond donors (Lipinski definition) is 0. The molecule has 1 saturated heterocycles. The number of ether oxygens (including phenoxy) is 1. The quantitative estimate of drug-likeness (QED) is 0.774. The molecule has 1 aliphatic heterocycles. The van der Waals surface area contributed by atoms with Crippen molar-refractivity contribution < 1.29 is 9.53 Å². The van der Waals surface area contributed by atoms with Crippen molar-refractivity contribution >= 4 is 5.78 Å². The maximum atomic E-state index is 12.2. The first-order chi connectivity index (χ1) is 9.56. The van der Waals surface area contributed by atoms with E-state index in [2.05, 4.69) is 18.7 Å². The number of hydrogen-bond acceptors (Lipinski definition) is 3. The highest BCUT2D eigenvalue weighted by Crippen LogP contribution is 2.32. The summed E-state index contributed by atoms with van der Waals surface area (Å²) >= 11 is 0. The number of piperidine rings is 1. The molecular weight excluding hydrogens is 250 g/mol. The molecule has 20 heavy (non-hydrogen) atoms. The van der Waals surface area contributed by atoms with Crippen LogP contribution < -0.4 is 0 Å². The number of methoxy groups -OCH3 is 1. The molecule has 3 heteroatoms. The number of Topliss-reactive ketones (excluding diaryl/α,β-unsaturated/α-hetero) is 1. The first-order valence-electron chi connectivity index (χ1n) is 8.36. The Bertz CT molecular complexity index is 331. The topological polar surface area (TPSA) is 29.5 Å². The fraction of sp³-hybridized carbons (Fsp3) is 0.941. The van der Waals surface area contributed by atoms with Crippen molar-refractivity contribution in [3.63, 3.8) is 0 Å². The van der Waals surface area contributed by atoms with E-state index in [4.69, 9.17) is 4.74 Å². The Hall–Kier alpha value is -0.410. The molecule has 3 atom stereocenters. The number of rotatable bonds is 5. The van der Waals surface area contributed by atoms with Gasteiger partial charge in [-0.25, -0.2) is 0 Å². The lowest BCUT2D eigenvalue weighted by Gasteiger charge is -2.41. The van der Waals surface area contributed by atoms with E-state index in [9.17, 15) is 4.79 Å². The second-order valence-corrected chi connectivity index (χ2v) is 7.09. The van der Waals surface area contributed by atoms with Crippen LogP contribution in [0.1, 0.15) is 58.8 Å². The fourth-order valence-corrected chi connectivity index (χ4v) is 3.99. The zero-order valence-electron chi connectivity index (χ0n) is 13.5. The van der Waals surface area contributed by atoms with Crippen molar-refractivity contribution in [2.75, 3.05) is 26.7 Å². The molecule has 2 fully saturated rings. The molecule has 116 valence electrons. The number of nitrogens with zero attached hydrogens (tertiary/aromatic N) is 1. The van der Waals surface area contributed by atoms with Crippen molar-refractivity contribution in [1.82, 2.24) is 4.90 Å². The Morgan fingerprint density at radius 3 is 2.95 bits per heavy atom. The van der Waals surface area contributed by atoms with Gasteiger partial charge in [-0.1, -0.05) is 19.8 Å². The molecule has 1 aliphatic carbocycles. The summed E-state index contributed by atoms with van der Waals surface area (Å²) in [4.78, 5) is 14.7. The highest BCUT2D eigenvalue weighted by Gasteiger charge is 2.34. The average Bonchev–Trinajstić information content (AvgIpc) is 2.43. The van der Waals surface area contributed by atoms with Crippen molar-refractivity contribution in [3.05, 3.63) is 0 Å². The average molecular weight is 281 g/mol. The lowest BCUT2D eigenvalue weighted by atomic mass is 9.78. The SMILES string of the molecule is CCCC1CCC(=O)C(CN2CCCC(C)(OC)C2)C1. The smallest absolute Gasteiger partial charge is 0.137 e. The minimum Gasteiger partial charge on any atom is -0.377 e. The van der Waals surface area contributed by atoms with E-state index in [-0.39, 0.29) is 11.5 Å². The predicted molar refractivity (Wildman–Crippen MR) is 81.8 cm³/mol. The Labute approximate surface area is 124 Å². The van der Waals surface area contributed by atoms with Crippen molar-refractivity contribution in [1.29, 1.82) is 0 Å². The Balaban J connectivity index is 1.89. The van der Waals surface area contributed by atoms with Gasteiger partial charge in [0.05, 0.1) is 5.60 Å². The standard InChI is InChI=1S/C17H31NO2/c1-4-6-14-7-8-16(19)15(11-14)12-18-10-5-9-17(2,13-18)20-3/h14-15H,4-13H2,1-3H3. The molecule has 0 radical (unpaired) electrons. The lowest BCUT2D eigenvalue weighted by molar-refractivity contribution is -0.127. The molecule has 0 bridgehead atoms. The summed E-state index contributed by atoms with van der Waals surface area (Å²) in [6, 6.07) is 0. The molecule has 0 amide bonds. The number of likely N-dealkylation sites (tertiary alicyclic amines) is 1. The molecular formula is C17H31NO2. The van der Waals surface area contributed by atoms with E-state index in [1.54, 1.807) is 0 Å². The van der Waals surface area contributed by atoms with Crippen LogP contribution in [0.25, 0.3) is 0 Å². The zero-order valence-corrected chi connectivity index (χ0v) is 13.5. The van der Waals surface area contributed by atoms with Gasteiger partial charge in [0.15, 0.2) is 0 Å². The van der Waals surface area contributed by atoms with Crippen molar-refractivity contribution in [3.8, 4) is 0 Å². The Morgan fingerprint density at radius 1 is 1.45 bits per heavy atom. The molecule has 1 heterocycles. The van der Waals surface area contributed by atoms with Crippen LogP contribution in [0.4, 0.5) is 0 Å². The van der Waals surface area contributed by atoms with Gasteiger partial charge in [0, 0.05) is 32.5 Å². The summed E-state index contributed by atoms with van der Waals surface area (Å²) in [5.41, 5.74) is -0.0151. The van der Waals surface area contributed by atoms with Crippen molar-refractivity contribution in [2.45, 2.75) is 64.4 Å². The van der Waals surface area contributed by atoms with Crippen molar-refractivity contribution in [2.24, 2.45) is 11.8 Å². The lowest BCUT2D eigenvalue weighted by Crippen LogP contribution is -2.49. The zero-order chi connectivity index (χ0) is 14.6. The van der Waals surface area contributed by atoms with E-state index in [0.29, 0.717) is 5.78 Å². The highest BCUT2D eigenvalue weighted by atomic mass is 16.5. The molecule has 0 aromatic carbocycles. The van der Waals surface area contributed by atoms with Gasteiger partial charge in [-0.05, 0) is 45.1 Å². The van der Waals surface area contributed by atoms with E-state index in [0.717, 1.165) is 51.2 Å². The molecule has 0 aromatic heterocycles. The first kappa shape index (κ1) is 16.0. The third-order valence-corrected chi connectivity index (χ3v) is 5.28. The van der Waals surface area contributed by atoms with Gasteiger partial charge < -0.3 is 4.74 Å². The first-order valence-corrected chi connectivity index (χ1v) is 8.36. The van der Waals surface area contributed by atoms with Gasteiger partial charge in [0.25, 0.3) is 0 Å². The molecule has 1 saturated carbocycles. The molecule has 0 N–H and O–H groups in total. The van der Waals surface area contributed by atoms with E-state index < -0.39 is 0 Å². The maximum Gasteiger partial charge on any atom is 0.137 e. The van der Waals surface area contributed by atoms with Gasteiger partial charge in [0.2, 0.25) is 0 Å². The molecule has 0 aromatic rings. The molecule has 3 nitrogen and oxygen atoms in total. The summed E-state index contributed by atoms with van der Waals surface area (Å²) in [7, 11) is 1.81. The summed E-state index contributed by atoms with van der Waals surface area (Å²) in [6.07, 6.45) is 7.91. The minimum atomic E-state index is -0.0151. The third kappa shape index (κ3) is 4.05. The predicted octanol–water partition coefficient (Wildman–Crippen LogP) is 3.27. The van der Waals surface area contributed by atoms with Gasteiger partial charge >= 0.3 is 0 Å². The van der Waals surface area contributed by atoms with Crippen LogP contribution in [0, 0.1) is 11.8 Å². The van der Waals surface area contributed by atoms with E-state index in [1.165, 1.54) is 19.3 Å². The highest BCUT2D eigenvalue weighted by molar-refractivity contribution is 5.81. The van der Waals surface area contributed by atoms with Crippen LogP contribution in [0.2, 0.25) is 0 Å². The van der Waals surface area contributed by atoms with Crippen LogP contribution in [0.5, 0.6) is 0 Å². The normalized spacial score (nSPS) is 36.2. The maximum absolute atomic E-state index is 12.2.